The number of rotatable bonds is 5. The Kier molecular flexibility index (Phi) is 4.06. The zero-order chi connectivity index (χ0) is 17.8. The summed E-state index contributed by atoms with van der Waals surface area (Å²) in [5.41, 5.74) is 0.776. The van der Waals surface area contributed by atoms with Crippen LogP contribution in [0.3, 0.4) is 0 Å². The molecule has 2 bridgehead atoms. The van der Waals surface area contributed by atoms with Gasteiger partial charge >= 0.3 is 0 Å². The fraction of sp³-hybridized carbons (Fsp3) is 0.632. The maximum Gasteiger partial charge on any atom is 0.233 e. The van der Waals surface area contributed by atoms with Crippen molar-refractivity contribution >= 4 is 21.5 Å². The van der Waals surface area contributed by atoms with Gasteiger partial charge in [-0.2, -0.15) is 0 Å². The molecule has 2 fully saturated rings. The summed E-state index contributed by atoms with van der Waals surface area (Å²) >= 11 is 0. The van der Waals surface area contributed by atoms with Crippen LogP contribution in [0.25, 0.3) is 0 Å². The highest BCUT2D eigenvalue weighted by molar-refractivity contribution is 7.92. The lowest BCUT2D eigenvalue weighted by Crippen LogP contribution is -2.43. The fourth-order valence-corrected chi connectivity index (χ4v) is 6.48. The second-order valence-corrected chi connectivity index (χ2v) is 10.0. The van der Waals surface area contributed by atoms with Gasteiger partial charge in [-0.3, -0.25) is 9.52 Å². The van der Waals surface area contributed by atoms with Crippen LogP contribution < -0.4 is 4.72 Å². The Morgan fingerprint density at radius 1 is 1.21 bits per heavy atom. The third-order valence-corrected chi connectivity index (χ3v) is 7.85. The highest BCUT2D eigenvalue weighted by Crippen LogP contribution is 2.64. The van der Waals surface area contributed by atoms with E-state index >= 15 is 0 Å². The minimum Gasteiger partial charge on any atom is -0.299 e. The van der Waals surface area contributed by atoms with Gasteiger partial charge in [0.15, 0.2) is 0 Å². The Balaban J connectivity index is 1.80. The van der Waals surface area contributed by atoms with Crippen LogP contribution in [0.1, 0.15) is 58.4 Å². The predicted molar refractivity (Wildman–Crippen MR) is 96.5 cm³/mol. The molecule has 0 heterocycles. The van der Waals surface area contributed by atoms with Gasteiger partial charge in [0.05, 0.1) is 11.2 Å². The molecule has 5 heteroatoms. The van der Waals surface area contributed by atoms with Crippen molar-refractivity contribution in [3.8, 4) is 0 Å². The van der Waals surface area contributed by atoms with Crippen LogP contribution in [0.2, 0.25) is 0 Å². The normalized spacial score (nSPS) is 28.5. The Morgan fingerprint density at radius 3 is 2.29 bits per heavy atom. The van der Waals surface area contributed by atoms with Gasteiger partial charge in [0.1, 0.15) is 5.78 Å². The molecule has 0 radical (unpaired) electrons. The van der Waals surface area contributed by atoms with E-state index in [2.05, 4.69) is 32.4 Å². The second-order valence-electron chi connectivity index (χ2n) is 8.30. The summed E-state index contributed by atoms with van der Waals surface area (Å²) < 4.78 is 28.1. The van der Waals surface area contributed by atoms with Crippen molar-refractivity contribution in [1.82, 2.24) is 0 Å². The summed E-state index contributed by atoms with van der Waals surface area (Å²) in [6.45, 7) is 8.32. The summed E-state index contributed by atoms with van der Waals surface area (Å²) in [4.78, 5) is 12.5. The lowest BCUT2D eigenvalue weighted by atomic mass is 9.70. The molecule has 0 amide bonds. The van der Waals surface area contributed by atoms with Crippen molar-refractivity contribution in [2.45, 2.75) is 52.9 Å². The monoisotopic (exact) mass is 349 g/mol. The molecule has 1 aromatic carbocycles. The third-order valence-electron chi connectivity index (χ3n) is 6.43. The largest absolute Gasteiger partial charge is 0.299 e. The topological polar surface area (TPSA) is 63.2 Å². The SMILES string of the molecule is CC(C)c1ccc(NS(=O)(=O)C[C@]23CC[C@H](CC2=O)C3(C)C)cc1. The zero-order valence-corrected chi connectivity index (χ0v) is 15.7. The van der Waals surface area contributed by atoms with Crippen LogP contribution in [-0.2, 0) is 14.8 Å². The number of Topliss-reactive ketones (excluding diaryl/α,β-unsaturated/α-hetero) is 1. The first kappa shape index (κ1) is 17.5. The average molecular weight is 349 g/mol. The standard InChI is InChI=1S/C19H27NO3S/c1-13(2)14-5-7-16(8-6-14)20-24(22,23)12-19-10-9-15(11-17(19)21)18(19,3)4/h5-8,13,15,20H,9-12H2,1-4H3/t15-,19-/m1/s1. The molecule has 24 heavy (non-hydrogen) atoms. The number of carbonyl (C=O) groups excluding carboxylic acids is 1. The van der Waals surface area contributed by atoms with E-state index in [0.717, 1.165) is 6.42 Å². The van der Waals surface area contributed by atoms with E-state index in [1.165, 1.54) is 5.56 Å². The lowest BCUT2D eigenvalue weighted by Gasteiger charge is -2.36. The quantitative estimate of drug-likeness (QED) is 0.875. The minimum absolute atomic E-state index is 0.103. The highest BCUT2D eigenvalue weighted by Gasteiger charge is 2.65. The predicted octanol–water partition coefficient (Wildman–Crippen LogP) is 3.95. The first-order valence-electron chi connectivity index (χ1n) is 8.71. The van der Waals surface area contributed by atoms with Crippen LogP contribution in [-0.4, -0.2) is 20.0 Å². The van der Waals surface area contributed by atoms with Gasteiger partial charge in [-0.25, -0.2) is 8.42 Å². The number of sulfonamides is 1. The van der Waals surface area contributed by atoms with E-state index in [1.54, 1.807) is 12.1 Å². The smallest absolute Gasteiger partial charge is 0.233 e. The minimum atomic E-state index is -3.57. The van der Waals surface area contributed by atoms with E-state index in [9.17, 15) is 13.2 Å². The van der Waals surface area contributed by atoms with Gasteiger partial charge in [-0.1, -0.05) is 39.8 Å². The third kappa shape index (κ3) is 2.67. The molecule has 1 N–H and O–H groups in total. The number of hydrogen-bond acceptors (Lipinski definition) is 3. The van der Waals surface area contributed by atoms with Gasteiger partial charge in [0.25, 0.3) is 0 Å². The van der Waals surface area contributed by atoms with Gasteiger partial charge in [0, 0.05) is 12.1 Å². The molecule has 4 nitrogen and oxygen atoms in total. The summed E-state index contributed by atoms with van der Waals surface area (Å²) in [6, 6.07) is 7.47. The molecular weight excluding hydrogens is 322 g/mol. The number of nitrogens with one attached hydrogen (secondary N) is 1. The van der Waals surface area contributed by atoms with E-state index in [-0.39, 0.29) is 17.0 Å². The summed E-state index contributed by atoms with van der Waals surface area (Å²) in [5, 5.41) is 0. The number of benzene rings is 1. The summed E-state index contributed by atoms with van der Waals surface area (Å²) in [5.74, 6) is 0.755. The molecule has 0 spiro atoms. The second kappa shape index (κ2) is 5.58. The molecule has 2 atom stereocenters. The molecule has 2 saturated carbocycles. The maximum atomic E-state index is 12.7. The molecule has 1 aromatic rings. The van der Waals surface area contributed by atoms with Gasteiger partial charge < -0.3 is 0 Å². The Morgan fingerprint density at radius 2 is 1.83 bits per heavy atom. The van der Waals surface area contributed by atoms with E-state index < -0.39 is 15.4 Å². The van der Waals surface area contributed by atoms with Crippen molar-refractivity contribution < 1.29 is 13.2 Å². The van der Waals surface area contributed by atoms with Crippen molar-refractivity contribution in [3.63, 3.8) is 0 Å². The van der Waals surface area contributed by atoms with Gasteiger partial charge in [-0.15, -0.1) is 0 Å². The van der Waals surface area contributed by atoms with E-state index in [0.29, 0.717) is 30.4 Å². The Labute approximate surface area is 145 Å². The van der Waals surface area contributed by atoms with Crippen molar-refractivity contribution in [2.75, 3.05) is 10.5 Å². The fourth-order valence-electron chi connectivity index (χ4n) is 4.58. The van der Waals surface area contributed by atoms with Crippen molar-refractivity contribution in [3.05, 3.63) is 29.8 Å². The molecule has 132 valence electrons. The van der Waals surface area contributed by atoms with E-state index in [1.807, 2.05) is 12.1 Å². The first-order valence-corrected chi connectivity index (χ1v) is 10.4. The Bertz CT molecular complexity index is 749. The lowest BCUT2D eigenvalue weighted by molar-refractivity contribution is -0.128. The van der Waals surface area contributed by atoms with Crippen LogP contribution in [0.4, 0.5) is 5.69 Å². The number of carbonyl (C=O) groups is 1. The maximum absolute atomic E-state index is 12.7. The molecule has 0 aromatic heterocycles. The summed E-state index contributed by atoms with van der Waals surface area (Å²) in [7, 11) is -3.57. The number of anilines is 1. The molecule has 3 rings (SSSR count). The molecule has 2 aliphatic carbocycles. The number of hydrogen-bond donors (Lipinski definition) is 1. The molecular formula is C19H27NO3S. The molecule has 2 aliphatic rings. The van der Waals surface area contributed by atoms with Crippen LogP contribution in [0.15, 0.2) is 24.3 Å². The van der Waals surface area contributed by atoms with Gasteiger partial charge in [0.2, 0.25) is 10.0 Å². The van der Waals surface area contributed by atoms with Crippen LogP contribution >= 0.6 is 0 Å². The zero-order valence-electron chi connectivity index (χ0n) is 14.9. The molecule has 0 unspecified atom stereocenters. The summed E-state index contributed by atoms with van der Waals surface area (Å²) in [6.07, 6.45) is 2.18. The number of fused-ring (bicyclic) bond motifs is 2. The van der Waals surface area contributed by atoms with Crippen LogP contribution in [0.5, 0.6) is 0 Å². The van der Waals surface area contributed by atoms with Gasteiger partial charge in [-0.05, 0) is 47.8 Å². The van der Waals surface area contributed by atoms with Crippen molar-refractivity contribution in [2.24, 2.45) is 16.7 Å². The van der Waals surface area contributed by atoms with E-state index in [4.69, 9.17) is 0 Å². The average Bonchev–Trinajstić information content (AvgIpc) is 2.81. The highest BCUT2D eigenvalue weighted by atomic mass is 32.2. The Hall–Kier alpha value is -1.36. The molecule has 0 aliphatic heterocycles. The van der Waals surface area contributed by atoms with Crippen LogP contribution in [0, 0.1) is 16.7 Å². The molecule has 0 saturated heterocycles. The number of ketones is 1. The van der Waals surface area contributed by atoms with Crippen molar-refractivity contribution in [1.29, 1.82) is 0 Å². The first-order chi connectivity index (χ1) is 11.1.